The Morgan fingerprint density at radius 1 is 1.11 bits per heavy atom. The van der Waals surface area contributed by atoms with Crippen LogP contribution in [-0.4, -0.2) is 61.4 Å². The van der Waals surface area contributed by atoms with Gasteiger partial charge in [0.1, 0.15) is 0 Å². The Kier molecular flexibility index (Phi) is 5.59. The topological polar surface area (TPSA) is 52.7 Å². The van der Waals surface area contributed by atoms with Crippen molar-refractivity contribution in [2.75, 3.05) is 39.8 Å². The Hall–Kier alpha value is -1.10. The molecule has 1 N–H and O–H groups in total. The fraction of sp³-hybridized carbons (Fsp3) is 0.846. The molecule has 0 aromatic rings. The molecule has 0 aliphatic carbocycles. The van der Waals surface area contributed by atoms with Crippen LogP contribution in [0, 0.1) is 11.8 Å². The molecular weight excluding hydrogens is 230 g/mol. The maximum atomic E-state index is 12.4. The normalized spacial score (nSPS) is 18.1. The third kappa shape index (κ3) is 3.70. The van der Waals surface area contributed by atoms with Crippen molar-refractivity contribution in [2.24, 2.45) is 11.8 Å². The molecule has 1 rings (SSSR count). The minimum atomic E-state index is 0.0267. The fourth-order valence-corrected chi connectivity index (χ4v) is 2.30. The van der Waals surface area contributed by atoms with Gasteiger partial charge < -0.3 is 15.1 Å². The van der Waals surface area contributed by atoms with Gasteiger partial charge in [-0.2, -0.15) is 0 Å². The molecule has 1 heterocycles. The van der Waals surface area contributed by atoms with Gasteiger partial charge in [-0.3, -0.25) is 9.59 Å². The minimum absolute atomic E-state index is 0.0267. The molecule has 0 aromatic carbocycles. The molecule has 5 nitrogen and oxygen atoms in total. The maximum absolute atomic E-state index is 12.4. The monoisotopic (exact) mass is 255 g/mol. The van der Waals surface area contributed by atoms with Gasteiger partial charge in [0.15, 0.2) is 0 Å². The number of carbonyl (C=O) groups excluding carboxylic acids is 2. The average Bonchev–Trinajstić information content (AvgIpc) is 2.35. The fourth-order valence-electron chi connectivity index (χ4n) is 2.30. The number of carbonyl (C=O) groups is 2. The molecule has 2 amide bonds. The van der Waals surface area contributed by atoms with Gasteiger partial charge in [0.25, 0.3) is 0 Å². The van der Waals surface area contributed by atoms with E-state index in [1.807, 2.05) is 11.9 Å². The first-order valence-electron chi connectivity index (χ1n) is 6.66. The number of hydrogen-bond donors (Lipinski definition) is 1. The summed E-state index contributed by atoms with van der Waals surface area (Å²) in [6, 6.07) is 0. The SMILES string of the molecule is CNCC(C(=O)N1CCN(C(C)=O)CC1)C(C)C. The zero-order valence-electron chi connectivity index (χ0n) is 11.9. The van der Waals surface area contributed by atoms with Crippen molar-refractivity contribution in [3.63, 3.8) is 0 Å². The highest BCUT2D eigenvalue weighted by Crippen LogP contribution is 2.15. The van der Waals surface area contributed by atoms with Gasteiger partial charge in [0.2, 0.25) is 11.8 Å². The van der Waals surface area contributed by atoms with Crippen LogP contribution in [0.1, 0.15) is 20.8 Å². The predicted octanol–water partition coefficient (Wildman–Crippen LogP) is 0.169. The van der Waals surface area contributed by atoms with Crippen molar-refractivity contribution in [3.05, 3.63) is 0 Å². The van der Waals surface area contributed by atoms with E-state index in [4.69, 9.17) is 0 Å². The first kappa shape index (κ1) is 15.0. The summed E-state index contributed by atoms with van der Waals surface area (Å²) in [4.78, 5) is 27.3. The summed E-state index contributed by atoms with van der Waals surface area (Å²) >= 11 is 0. The molecule has 5 heteroatoms. The number of rotatable bonds is 4. The number of amides is 2. The largest absolute Gasteiger partial charge is 0.339 e. The lowest BCUT2D eigenvalue weighted by atomic mass is 9.94. The number of piperazine rings is 1. The average molecular weight is 255 g/mol. The highest BCUT2D eigenvalue weighted by molar-refractivity contribution is 5.80. The molecule has 1 aliphatic heterocycles. The van der Waals surface area contributed by atoms with Gasteiger partial charge in [-0.25, -0.2) is 0 Å². The quantitative estimate of drug-likeness (QED) is 0.779. The molecule has 1 unspecified atom stereocenters. The second-order valence-corrected chi connectivity index (χ2v) is 5.24. The van der Waals surface area contributed by atoms with Crippen molar-refractivity contribution in [1.29, 1.82) is 0 Å². The van der Waals surface area contributed by atoms with E-state index in [-0.39, 0.29) is 17.7 Å². The van der Waals surface area contributed by atoms with E-state index in [1.54, 1.807) is 11.8 Å². The van der Waals surface area contributed by atoms with E-state index < -0.39 is 0 Å². The Balaban J connectivity index is 2.55. The maximum Gasteiger partial charge on any atom is 0.227 e. The second-order valence-electron chi connectivity index (χ2n) is 5.24. The van der Waals surface area contributed by atoms with Gasteiger partial charge in [0, 0.05) is 39.6 Å². The lowest BCUT2D eigenvalue weighted by Crippen LogP contribution is -2.53. The van der Waals surface area contributed by atoms with E-state index in [0.29, 0.717) is 38.6 Å². The number of hydrogen-bond acceptors (Lipinski definition) is 3. The lowest BCUT2D eigenvalue weighted by molar-refractivity contribution is -0.142. The molecule has 0 radical (unpaired) electrons. The zero-order chi connectivity index (χ0) is 13.7. The Bertz CT molecular complexity index is 297. The summed E-state index contributed by atoms with van der Waals surface area (Å²) in [5.41, 5.74) is 0. The highest BCUT2D eigenvalue weighted by Gasteiger charge is 2.29. The van der Waals surface area contributed by atoms with Crippen LogP contribution < -0.4 is 5.32 Å². The van der Waals surface area contributed by atoms with E-state index in [0.717, 1.165) is 0 Å². The molecule has 1 saturated heterocycles. The third-order valence-corrected chi connectivity index (χ3v) is 3.58. The van der Waals surface area contributed by atoms with Crippen LogP contribution in [0.2, 0.25) is 0 Å². The molecule has 104 valence electrons. The zero-order valence-corrected chi connectivity index (χ0v) is 11.9. The summed E-state index contributed by atoms with van der Waals surface area (Å²) in [7, 11) is 1.87. The smallest absolute Gasteiger partial charge is 0.227 e. The van der Waals surface area contributed by atoms with Crippen molar-refractivity contribution in [3.8, 4) is 0 Å². The molecule has 0 saturated carbocycles. The Morgan fingerprint density at radius 2 is 1.61 bits per heavy atom. The van der Waals surface area contributed by atoms with Gasteiger partial charge in [-0.05, 0) is 13.0 Å². The second kappa shape index (κ2) is 6.73. The van der Waals surface area contributed by atoms with Gasteiger partial charge in [-0.15, -0.1) is 0 Å². The van der Waals surface area contributed by atoms with Crippen molar-refractivity contribution < 1.29 is 9.59 Å². The molecule has 0 spiro atoms. The van der Waals surface area contributed by atoms with Gasteiger partial charge in [-0.1, -0.05) is 13.8 Å². The van der Waals surface area contributed by atoms with Crippen LogP contribution >= 0.6 is 0 Å². The summed E-state index contributed by atoms with van der Waals surface area (Å²) in [5.74, 6) is 0.662. The first-order chi connectivity index (χ1) is 8.47. The molecule has 1 fully saturated rings. The number of nitrogens with zero attached hydrogens (tertiary/aromatic N) is 2. The lowest BCUT2D eigenvalue weighted by Gasteiger charge is -2.36. The van der Waals surface area contributed by atoms with E-state index in [2.05, 4.69) is 19.2 Å². The van der Waals surface area contributed by atoms with Crippen LogP contribution in [0.15, 0.2) is 0 Å². The van der Waals surface area contributed by atoms with Crippen LogP contribution in [0.3, 0.4) is 0 Å². The van der Waals surface area contributed by atoms with Crippen molar-refractivity contribution >= 4 is 11.8 Å². The third-order valence-electron chi connectivity index (χ3n) is 3.58. The Labute approximate surface area is 110 Å². The van der Waals surface area contributed by atoms with E-state index in [9.17, 15) is 9.59 Å². The number of nitrogens with one attached hydrogen (secondary N) is 1. The molecule has 18 heavy (non-hydrogen) atoms. The van der Waals surface area contributed by atoms with Crippen molar-refractivity contribution in [1.82, 2.24) is 15.1 Å². The molecule has 1 atom stereocenters. The van der Waals surface area contributed by atoms with Crippen LogP contribution in [0.25, 0.3) is 0 Å². The summed E-state index contributed by atoms with van der Waals surface area (Å²) < 4.78 is 0. The molecule has 0 aromatic heterocycles. The molecule has 1 aliphatic rings. The van der Waals surface area contributed by atoms with Gasteiger partial charge >= 0.3 is 0 Å². The van der Waals surface area contributed by atoms with Crippen LogP contribution in [0.5, 0.6) is 0 Å². The first-order valence-corrected chi connectivity index (χ1v) is 6.66. The minimum Gasteiger partial charge on any atom is -0.339 e. The van der Waals surface area contributed by atoms with Gasteiger partial charge in [0.05, 0.1) is 5.92 Å². The Morgan fingerprint density at radius 3 is 2.00 bits per heavy atom. The summed E-state index contributed by atoms with van der Waals surface area (Å²) in [5, 5.41) is 3.08. The summed E-state index contributed by atoms with van der Waals surface area (Å²) in [6.45, 7) is 9.07. The molecular formula is C13H25N3O2. The van der Waals surface area contributed by atoms with Crippen molar-refractivity contribution in [2.45, 2.75) is 20.8 Å². The van der Waals surface area contributed by atoms with Crippen LogP contribution in [0.4, 0.5) is 0 Å². The highest BCUT2D eigenvalue weighted by atomic mass is 16.2. The molecule has 0 bridgehead atoms. The van der Waals surface area contributed by atoms with E-state index in [1.165, 1.54) is 0 Å². The van der Waals surface area contributed by atoms with E-state index >= 15 is 0 Å². The predicted molar refractivity (Wildman–Crippen MR) is 71.1 cm³/mol. The van der Waals surface area contributed by atoms with Crippen LogP contribution in [-0.2, 0) is 9.59 Å². The standard InChI is InChI=1S/C13H25N3O2/c1-10(2)12(9-14-4)13(18)16-7-5-15(6-8-16)11(3)17/h10,12,14H,5-9H2,1-4H3. The summed E-state index contributed by atoms with van der Waals surface area (Å²) in [6.07, 6.45) is 0.